The Hall–Kier alpha value is -1.18. The van der Waals surface area contributed by atoms with E-state index in [-0.39, 0.29) is 12.0 Å². The van der Waals surface area contributed by atoms with Gasteiger partial charge < -0.3 is 10.1 Å². The van der Waals surface area contributed by atoms with Crippen molar-refractivity contribution in [3.8, 4) is 0 Å². The minimum absolute atomic E-state index is 0.0491. The van der Waals surface area contributed by atoms with Crippen molar-refractivity contribution in [3.63, 3.8) is 0 Å². The predicted octanol–water partition coefficient (Wildman–Crippen LogP) is 3.90. The molecule has 0 aromatic carbocycles. The number of amides is 1. The fraction of sp³-hybridized carbons (Fsp3) is 0.632. The zero-order chi connectivity index (χ0) is 18.5. The van der Waals surface area contributed by atoms with E-state index in [1.165, 1.54) is 40.4 Å². The number of nitrogens with zero attached hydrogens (tertiary/aromatic N) is 2. The highest BCUT2D eigenvalue weighted by Gasteiger charge is 2.21. The molecule has 2 aromatic rings. The molecule has 2 heterocycles. The second-order valence-electron chi connectivity index (χ2n) is 6.88. The first kappa shape index (κ1) is 19.6. The number of ether oxygens (including phenoxy) is 1. The van der Waals surface area contributed by atoms with Gasteiger partial charge in [0.15, 0.2) is 0 Å². The number of hydrogen-bond acceptors (Lipinski definition) is 6. The van der Waals surface area contributed by atoms with Gasteiger partial charge in [0, 0.05) is 23.4 Å². The molecule has 3 rings (SSSR count). The zero-order valence-electron chi connectivity index (χ0n) is 15.8. The van der Waals surface area contributed by atoms with Crippen LogP contribution >= 0.6 is 23.1 Å². The number of thioether (sulfide) groups is 1. The van der Waals surface area contributed by atoms with Crippen LogP contribution in [-0.4, -0.2) is 40.9 Å². The van der Waals surface area contributed by atoms with E-state index in [2.05, 4.69) is 15.3 Å². The number of nitrogens with one attached hydrogen (secondary N) is 1. The van der Waals surface area contributed by atoms with Crippen molar-refractivity contribution in [1.29, 1.82) is 0 Å². The molecule has 0 spiro atoms. The number of aromatic nitrogens is 2. The van der Waals surface area contributed by atoms with Gasteiger partial charge in [0.05, 0.1) is 11.9 Å². The number of thiophene rings is 1. The van der Waals surface area contributed by atoms with E-state index in [0.717, 1.165) is 34.9 Å². The standard InChI is InChI=1S/C19H27N3O2S2/c1-12(2)24-10-6-9-20-16(23)11-25-18-17-14-7-4-5-8-15(14)26-19(17)22-13(3)21-18/h12H,4-11H2,1-3H3,(H,20,23). The molecule has 1 aliphatic carbocycles. The van der Waals surface area contributed by atoms with Crippen molar-refractivity contribution < 1.29 is 9.53 Å². The van der Waals surface area contributed by atoms with Crippen LogP contribution in [0.4, 0.5) is 0 Å². The molecule has 0 fully saturated rings. The molecule has 0 radical (unpaired) electrons. The Labute approximate surface area is 163 Å². The van der Waals surface area contributed by atoms with Crippen LogP contribution in [0.3, 0.4) is 0 Å². The van der Waals surface area contributed by atoms with Crippen molar-refractivity contribution in [2.75, 3.05) is 18.9 Å². The van der Waals surface area contributed by atoms with Gasteiger partial charge in [-0.3, -0.25) is 4.79 Å². The van der Waals surface area contributed by atoms with E-state index < -0.39 is 0 Å². The lowest BCUT2D eigenvalue weighted by Gasteiger charge is -2.12. The maximum Gasteiger partial charge on any atom is 0.230 e. The van der Waals surface area contributed by atoms with Gasteiger partial charge in [-0.25, -0.2) is 9.97 Å². The fourth-order valence-corrected chi connectivity index (χ4v) is 5.44. The van der Waals surface area contributed by atoms with E-state index >= 15 is 0 Å². The molecular weight excluding hydrogens is 366 g/mol. The Kier molecular flexibility index (Phi) is 6.89. The summed E-state index contributed by atoms with van der Waals surface area (Å²) in [5.74, 6) is 1.22. The number of rotatable bonds is 8. The maximum absolute atomic E-state index is 12.1. The number of hydrogen-bond donors (Lipinski definition) is 1. The average Bonchev–Trinajstić information content (AvgIpc) is 2.97. The molecule has 0 aliphatic heterocycles. The van der Waals surface area contributed by atoms with Crippen LogP contribution < -0.4 is 5.32 Å². The smallest absolute Gasteiger partial charge is 0.230 e. The number of fused-ring (bicyclic) bond motifs is 3. The summed E-state index contributed by atoms with van der Waals surface area (Å²) in [5, 5.41) is 5.12. The van der Waals surface area contributed by atoms with Crippen LogP contribution in [-0.2, 0) is 22.4 Å². The molecule has 0 atom stereocenters. The van der Waals surface area contributed by atoms with Gasteiger partial charge in [-0.1, -0.05) is 11.8 Å². The largest absolute Gasteiger partial charge is 0.379 e. The molecule has 0 bridgehead atoms. The van der Waals surface area contributed by atoms with E-state index in [0.29, 0.717) is 18.9 Å². The Morgan fingerprint density at radius 1 is 1.31 bits per heavy atom. The van der Waals surface area contributed by atoms with E-state index in [1.54, 1.807) is 11.3 Å². The normalized spacial score (nSPS) is 14.0. The van der Waals surface area contributed by atoms with Gasteiger partial charge in [0.2, 0.25) is 5.91 Å². The molecule has 1 amide bonds. The molecule has 26 heavy (non-hydrogen) atoms. The SMILES string of the molecule is Cc1nc(SCC(=O)NCCCOC(C)C)c2c3c(sc2n1)CCCC3. The molecule has 1 N–H and O–H groups in total. The molecule has 142 valence electrons. The van der Waals surface area contributed by atoms with Crippen molar-refractivity contribution in [1.82, 2.24) is 15.3 Å². The quantitative estimate of drug-likeness (QED) is 0.419. The third-order valence-corrected chi connectivity index (χ3v) is 6.49. The summed E-state index contributed by atoms with van der Waals surface area (Å²) in [6, 6.07) is 0. The topological polar surface area (TPSA) is 64.1 Å². The molecule has 0 saturated carbocycles. The molecule has 7 heteroatoms. The lowest BCUT2D eigenvalue weighted by atomic mass is 9.97. The monoisotopic (exact) mass is 393 g/mol. The number of carbonyl (C=O) groups excluding carboxylic acids is 1. The molecule has 5 nitrogen and oxygen atoms in total. The highest BCUT2D eigenvalue weighted by atomic mass is 32.2. The molecule has 0 saturated heterocycles. The average molecular weight is 394 g/mol. The fourth-order valence-electron chi connectivity index (χ4n) is 3.13. The van der Waals surface area contributed by atoms with Crippen LogP contribution in [0.5, 0.6) is 0 Å². The summed E-state index contributed by atoms with van der Waals surface area (Å²) in [6.45, 7) is 7.29. The minimum Gasteiger partial charge on any atom is -0.379 e. The number of aryl methyl sites for hydroxylation is 3. The third-order valence-electron chi connectivity index (χ3n) is 4.33. The molecular formula is C19H27N3O2S2. The zero-order valence-corrected chi connectivity index (χ0v) is 17.4. The van der Waals surface area contributed by atoms with Crippen LogP contribution in [0.2, 0.25) is 0 Å². The predicted molar refractivity (Wildman–Crippen MR) is 108 cm³/mol. The van der Waals surface area contributed by atoms with Crippen LogP contribution in [0, 0.1) is 6.92 Å². The Morgan fingerprint density at radius 2 is 2.12 bits per heavy atom. The van der Waals surface area contributed by atoms with E-state index in [4.69, 9.17) is 4.74 Å². The van der Waals surface area contributed by atoms with Crippen molar-refractivity contribution in [3.05, 3.63) is 16.3 Å². The first-order valence-corrected chi connectivity index (χ1v) is 11.1. The summed E-state index contributed by atoms with van der Waals surface area (Å²) in [7, 11) is 0. The van der Waals surface area contributed by atoms with Gasteiger partial charge >= 0.3 is 0 Å². The Morgan fingerprint density at radius 3 is 2.92 bits per heavy atom. The maximum atomic E-state index is 12.1. The summed E-state index contributed by atoms with van der Waals surface area (Å²) in [5.41, 5.74) is 1.42. The van der Waals surface area contributed by atoms with Crippen molar-refractivity contribution in [2.45, 2.75) is 64.0 Å². The number of carbonyl (C=O) groups is 1. The van der Waals surface area contributed by atoms with E-state index in [1.807, 2.05) is 20.8 Å². The lowest BCUT2D eigenvalue weighted by molar-refractivity contribution is -0.118. The summed E-state index contributed by atoms with van der Waals surface area (Å²) in [6.07, 6.45) is 5.83. The summed E-state index contributed by atoms with van der Waals surface area (Å²) < 4.78 is 5.49. The summed E-state index contributed by atoms with van der Waals surface area (Å²) >= 11 is 3.34. The van der Waals surface area contributed by atoms with Crippen LogP contribution in [0.1, 0.15) is 49.4 Å². The highest BCUT2D eigenvalue weighted by Crippen LogP contribution is 2.39. The Bertz CT molecular complexity index is 774. The first-order chi connectivity index (χ1) is 12.5. The van der Waals surface area contributed by atoms with E-state index in [9.17, 15) is 4.79 Å². The second-order valence-corrected chi connectivity index (χ2v) is 8.93. The first-order valence-electron chi connectivity index (χ1n) is 9.34. The molecule has 0 unspecified atom stereocenters. The van der Waals surface area contributed by atoms with Gasteiger partial charge in [0.25, 0.3) is 0 Å². The molecule has 1 aliphatic rings. The Balaban J connectivity index is 1.60. The van der Waals surface area contributed by atoms with Crippen LogP contribution in [0.25, 0.3) is 10.2 Å². The second kappa shape index (κ2) is 9.15. The van der Waals surface area contributed by atoms with Gasteiger partial charge in [0.1, 0.15) is 15.7 Å². The van der Waals surface area contributed by atoms with Crippen molar-refractivity contribution in [2.24, 2.45) is 0 Å². The minimum atomic E-state index is 0.0491. The highest BCUT2D eigenvalue weighted by molar-refractivity contribution is 8.00. The third kappa shape index (κ3) is 4.96. The van der Waals surface area contributed by atoms with Gasteiger partial charge in [-0.2, -0.15) is 0 Å². The van der Waals surface area contributed by atoms with Crippen molar-refractivity contribution >= 4 is 39.2 Å². The van der Waals surface area contributed by atoms with Crippen LogP contribution in [0.15, 0.2) is 5.03 Å². The van der Waals surface area contributed by atoms with Gasteiger partial charge in [-0.15, -0.1) is 11.3 Å². The van der Waals surface area contributed by atoms with Gasteiger partial charge in [-0.05, 0) is 58.4 Å². The summed E-state index contributed by atoms with van der Waals surface area (Å²) in [4.78, 5) is 24.0. The molecule has 2 aromatic heterocycles. The lowest BCUT2D eigenvalue weighted by Crippen LogP contribution is -2.27.